The molecule has 6 heteroatoms. The smallest absolute Gasteiger partial charge is 0.273 e. The van der Waals surface area contributed by atoms with Crippen LogP contribution in [0.3, 0.4) is 0 Å². The third kappa shape index (κ3) is 2.60. The molecule has 4 rings (SSSR count). The lowest BCUT2D eigenvalue weighted by Crippen LogP contribution is -2.56. The van der Waals surface area contributed by atoms with Crippen LogP contribution in [-0.4, -0.2) is 40.3 Å². The van der Waals surface area contributed by atoms with Gasteiger partial charge in [0, 0.05) is 30.8 Å². The largest absolute Gasteiger partial charge is 0.348 e. The highest BCUT2D eigenvalue weighted by Gasteiger charge is 2.50. The summed E-state index contributed by atoms with van der Waals surface area (Å²) >= 11 is 1.42. The fourth-order valence-corrected chi connectivity index (χ4v) is 4.53. The minimum atomic E-state index is -0.359. The van der Waals surface area contributed by atoms with Crippen LogP contribution in [0.4, 0.5) is 0 Å². The molecule has 0 unspecified atom stereocenters. The van der Waals surface area contributed by atoms with E-state index in [1.807, 2.05) is 23.1 Å². The van der Waals surface area contributed by atoms with Crippen molar-refractivity contribution in [3.63, 3.8) is 0 Å². The number of nitrogens with one attached hydrogen (secondary N) is 1. The molecule has 1 spiro atoms. The minimum Gasteiger partial charge on any atom is -0.348 e. The molecule has 1 aromatic heterocycles. The van der Waals surface area contributed by atoms with E-state index in [2.05, 4.69) is 22.4 Å². The van der Waals surface area contributed by atoms with Gasteiger partial charge in [-0.25, -0.2) is 4.98 Å². The van der Waals surface area contributed by atoms with Crippen LogP contribution in [-0.2, 0) is 4.79 Å². The second-order valence-electron chi connectivity index (χ2n) is 6.58. The topological polar surface area (TPSA) is 62.3 Å². The SMILES string of the molecule is O=C1CCC[C@]2(CN(C(=O)c3cscn3)C[C@H]2c2ccccc2)N1. The first kappa shape index (κ1) is 15.3. The van der Waals surface area contributed by atoms with Gasteiger partial charge < -0.3 is 10.2 Å². The number of amides is 2. The minimum absolute atomic E-state index is 0.0473. The van der Waals surface area contributed by atoms with Gasteiger partial charge in [-0.3, -0.25) is 9.59 Å². The molecule has 0 aliphatic carbocycles. The van der Waals surface area contributed by atoms with E-state index >= 15 is 0 Å². The standard InChI is InChI=1S/C18H19N3O2S/c22-16-7-4-8-18(20-16)11-21(17(23)15-10-24-12-19-15)9-14(18)13-5-2-1-3-6-13/h1-3,5-6,10,12,14H,4,7-9,11H2,(H,20,22)/t14-,18+/m0/s1. The quantitative estimate of drug-likeness (QED) is 0.912. The lowest BCUT2D eigenvalue weighted by Gasteiger charge is -2.39. The average Bonchev–Trinajstić information content (AvgIpc) is 3.23. The third-order valence-corrected chi connectivity index (χ3v) is 5.69. The summed E-state index contributed by atoms with van der Waals surface area (Å²) < 4.78 is 0. The van der Waals surface area contributed by atoms with Crippen LogP contribution in [0, 0.1) is 0 Å². The zero-order valence-corrected chi connectivity index (χ0v) is 14.1. The van der Waals surface area contributed by atoms with Crippen molar-refractivity contribution in [2.75, 3.05) is 13.1 Å². The summed E-state index contributed by atoms with van der Waals surface area (Å²) in [5, 5.41) is 5.00. The normalized spacial score (nSPS) is 26.6. The number of benzene rings is 1. The van der Waals surface area contributed by atoms with E-state index in [1.54, 1.807) is 10.9 Å². The monoisotopic (exact) mass is 341 g/mol. The molecule has 2 fully saturated rings. The Labute approximate surface area is 144 Å². The summed E-state index contributed by atoms with van der Waals surface area (Å²) in [7, 11) is 0. The van der Waals surface area contributed by atoms with Crippen LogP contribution < -0.4 is 5.32 Å². The zero-order chi connectivity index (χ0) is 16.6. The van der Waals surface area contributed by atoms with Crippen molar-refractivity contribution in [3.05, 3.63) is 52.5 Å². The van der Waals surface area contributed by atoms with Gasteiger partial charge in [-0.1, -0.05) is 30.3 Å². The number of nitrogens with zero attached hydrogens (tertiary/aromatic N) is 2. The van der Waals surface area contributed by atoms with Crippen LogP contribution >= 0.6 is 11.3 Å². The van der Waals surface area contributed by atoms with E-state index in [4.69, 9.17) is 0 Å². The zero-order valence-electron chi connectivity index (χ0n) is 13.3. The van der Waals surface area contributed by atoms with Gasteiger partial charge in [0.2, 0.25) is 5.91 Å². The van der Waals surface area contributed by atoms with Crippen molar-refractivity contribution < 1.29 is 9.59 Å². The van der Waals surface area contributed by atoms with Gasteiger partial charge in [0.25, 0.3) is 5.91 Å². The summed E-state index contributed by atoms with van der Waals surface area (Å²) in [6, 6.07) is 10.2. The first-order valence-electron chi connectivity index (χ1n) is 8.21. The molecule has 2 amide bonds. The Balaban J connectivity index is 1.67. The predicted molar refractivity (Wildman–Crippen MR) is 91.9 cm³/mol. The number of aromatic nitrogens is 1. The Morgan fingerprint density at radius 1 is 1.33 bits per heavy atom. The van der Waals surface area contributed by atoms with E-state index < -0.39 is 0 Å². The predicted octanol–water partition coefficient (Wildman–Crippen LogP) is 2.42. The van der Waals surface area contributed by atoms with E-state index in [1.165, 1.54) is 16.9 Å². The number of hydrogen-bond acceptors (Lipinski definition) is 4. The molecular weight excluding hydrogens is 322 g/mol. The maximum atomic E-state index is 12.7. The van der Waals surface area contributed by atoms with Crippen molar-refractivity contribution >= 4 is 23.2 Å². The second-order valence-corrected chi connectivity index (χ2v) is 7.30. The number of carbonyl (C=O) groups excluding carboxylic acids is 2. The molecule has 0 bridgehead atoms. The highest BCUT2D eigenvalue weighted by molar-refractivity contribution is 7.07. The second kappa shape index (κ2) is 6.02. The van der Waals surface area contributed by atoms with E-state index in [0.29, 0.717) is 25.2 Å². The number of likely N-dealkylation sites (tertiary alicyclic amines) is 1. The molecule has 0 saturated carbocycles. The van der Waals surface area contributed by atoms with Gasteiger partial charge in [0.15, 0.2) is 0 Å². The number of carbonyl (C=O) groups is 2. The van der Waals surface area contributed by atoms with Crippen molar-refractivity contribution in [1.82, 2.24) is 15.2 Å². The summed E-state index contributed by atoms with van der Waals surface area (Å²) in [6.07, 6.45) is 2.34. The van der Waals surface area contributed by atoms with Gasteiger partial charge in [-0.05, 0) is 18.4 Å². The molecule has 2 atom stereocenters. The molecule has 2 aromatic rings. The van der Waals surface area contributed by atoms with Crippen molar-refractivity contribution in [3.8, 4) is 0 Å². The highest BCUT2D eigenvalue weighted by atomic mass is 32.1. The molecule has 1 aromatic carbocycles. The fourth-order valence-electron chi connectivity index (χ4n) is 4.00. The Bertz CT molecular complexity index is 747. The summed E-state index contributed by atoms with van der Waals surface area (Å²) in [5.41, 5.74) is 2.98. The number of thiazole rings is 1. The Hall–Kier alpha value is -2.21. The van der Waals surface area contributed by atoms with Gasteiger partial charge in [-0.2, -0.15) is 0 Å². The summed E-state index contributed by atoms with van der Waals surface area (Å²) in [6.45, 7) is 1.16. The Morgan fingerprint density at radius 3 is 2.88 bits per heavy atom. The third-order valence-electron chi connectivity index (χ3n) is 5.10. The lowest BCUT2D eigenvalue weighted by atomic mass is 9.76. The van der Waals surface area contributed by atoms with Crippen LogP contribution in [0.15, 0.2) is 41.2 Å². The highest BCUT2D eigenvalue weighted by Crippen LogP contribution is 2.41. The summed E-state index contributed by atoms with van der Waals surface area (Å²) in [5.74, 6) is 0.157. The Morgan fingerprint density at radius 2 is 2.17 bits per heavy atom. The van der Waals surface area contributed by atoms with Crippen molar-refractivity contribution in [1.29, 1.82) is 0 Å². The molecule has 3 heterocycles. The maximum absolute atomic E-state index is 12.7. The first-order valence-corrected chi connectivity index (χ1v) is 9.16. The van der Waals surface area contributed by atoms with Gasteiger partial charge >= 0.3 is 0 Å². The molecule has 124 valence electrons. The van der Waals surface area contributed by atoms with Crippen LogP contribution in [0.2, 0.25) is 0 Å². The molecule has 2 aliphatic rings. The molecule has 5 nitrogen and oxygen atoms in total. The first-order chi connectivity index (χ1) is 11.7. The van der Waals surface area contributed by atoms with Crippen LogP contribution in [0.1, 0.15) is 41.2 Å². The average molecular weight is 341 g/mol. The van der Waals surface area contributed by atoms with E-state index in [-0.39, 0.29) is 23.3 Å². The fraction of sp³-hybridized carbons (Fsp3) is 0.389. The molecule has 0 radical (unpaired) electrons. The Kier molecular flexibility index (Phi) is 3.84. The van der Waals surface area contributed by atoms with Gasteiger partial charge in [-0.15, -0.1) is 11.3 Å². The lowest BCUT2D eigenvalue weighted by molar-refractivity contribution is -0.125. The molecule has 2 aliphatic heterocycles. The van der Waals surface area contributed by atoms with E-state index in [9.17, 15) is 9.59 Å². The molecule has 24 heavy (non-hydrogen) atoms. The van der Waals surface area contributed by atoms with Gasteiger partial charge in [0.1, 0.15) is 5.69 Å². The van der Waals surface area contributed by atoms with Crippen LogP contribution in [0.5, 0.6) is 0 Å². The van der Waals surface area contributed by atoms with Crippen molar-refractivity contribution in [2.45, 2.75) is 30.7 Å². The maximum Gasteiger partial charge on any atom is 0.273 e. The number of hydrogen-bond donors (Lipinski definition) is 1. The number of piperidine rings is 1. The molecule has 1 N–H and O–H groups in total. The van der Waals surface area contributed by atoms with E-state index in [0.717, 1.165) is 12.8 Å². The number of rotatable bonds is 2. The van der Waals surface area contributed by atoms with Crippen LogP contribution in [0.25, 0.3) is 0 Å². The molecular formula is C18H19N3O2S. The van der Waals surface area contributed by atoms with Gasteiger partial charge in [0.05, 0.1) is 11.0 Å². The van der Waals surface area contributed by atoms with Crippen molar-refractivity contribution in [2.24, 2.45) is 0 Å². The summed E-state index contributed by atoms with van der Waals surface area (Å²) in [4.78, 5) is 30.8. The molecule has 2 saturated heterocycles.